The lowest BCUT2D eigenvalue weighted by molar-refractivity contribution is 0.0327. The van der Waals surface area contributed by atoms with Crippen molar-refractivity contribution in [1.29, 1.82) is 0 Å². The second kappa shape index (κ2) is 11.0. The number of carbonyl (C=O) groups is 1. The molecule has 2 aliphatic rings. The Bertz CT molecular complexity index is 1370. The number of ether oxygens (including phenoxy) is 2. The number of hydrogen-bond acceptors (Lipinski definition) is 8. The third-order valence-electron chi connectivity index (χ3n) is 7.05. The van der Waals surface area contributed by atoms with Crippen LogP contribution in [-0.2, 0) is 16.7 Å². The number of aromatic nitrogens is 2. The fourth-order valence-electron chi connectivity index (χ4n) is 4.78. The van der Waals surface area contributed by atoms with Crippen LogP contribution in [0, 0.1) is 0 Å². The Labute approximate surface area is 234 Å². The standard InChI is InChI=1S/C28H27BrClN3O5/c1-27(29)21(19-6-3-2-4-7-19)8-5-9-28(27,18-37-24-15-23(35)20(17-34)14-22(24)30)26-31-25(32-38-26)16-33-10-12-36-13-11-33/h2-9,14-15,17,35H,10-13,16,18H2,1H3. The first kappa shape index (κ1) is 26.6. The summed E-state index contributed by atoms with van der Waals surface area (Å²) in [5.74, 6) is 0.960. The van der Waals surface area contributed by atoms with Crippen LogP contribution in [0.3, 0.4) is 0 Å². The highest BCUT2D eigenvalue weighted by atomic mass is 79.9. The predicted octanol–water partition coefficient (Wildman–Crippen LogP) is 5.20. The van der Waals surface area contributed by atoms with Gasteiger partial charge in [-0.15, -0.1) is 0 Å². The topological polar surface area (TPSA) is 97.9 Å². The minimum absolute atomic E-state index is 0.0498. The van der Waals surface area contributed by atoms with Gasteiger partial charge in [0.25, 0.3) is 0 Å². The van der Waals surface area contributed by atoms with Crippen molar-refractivity contribution in [3.05, 3.63) is 88.6 Å². The summed E-state index contributed by atoms with van der Waals surface area (Å²) < 4.78 is 16.8. The van der Waals surface area contributed by atoms with Gasteiger partial charge >= 0.3 is 0 Å². The molecule has 2 atom stereocenters. The molecule has 1 aliphatic heterocycles. The average molecular weight is 601 g/mol. The molecule has 198 valence electrons. The van der Waals surface area contributed by atoms with Gasteiger partial charge in [0.05, 0.1) is 34.7 Å². The number of phenolic OH excluding ortho intramolecular Hbond substituents is 1. The van der Waals surface area contributed by atoms with Crippen molar-refractivity contribution in [1.82, 2.24) is 15.0 Å². The molecule has 1 fully saturated rings. The van der Waals surface area contributed by atoms with E-state index >= 15 is 0 Å². The van der Waals surface area contributed by atoms with Gasteiger partial charge < -0.3 is 19.1 Å². The van der Waals surface area contributed by atoms with E-state index in [4.69, 9.17) is 30.6 Å². The van der Waals surface area contributed by atoms with Gasteiger partial charge in [-0.3, -0.25) is 9.69 Å². The van der Waals surface area contributed by atoms with E-state index in [1.54, 1.807) is 0 Å². The Morgan fingerprint density at radius 1 is 1.24 bits per heavy atom. The SMILES string of the molecule is CC1(Br)C(c2ccccc2)=CC=CC1(COc1cc(O)c(C=O)cc1Cl)c1nc(CN2CCOCC2)no1. The minimum atomic E-state index is -0.953. The van der Waals surface area contributed by atoms with Crippen molar-refractivity contribution < 1.29 is 23.9 Å². The maximum absolute atomic E-state index is 11.2. The summed E-state index contributed by atoms with van der Waals surface area (Å²) in [5, 5.41) is 14.7. The van der Waals surface area contributed by atoms with Crippen LogP contribution < -0.4 is 4.74 Å². The van der Waals surface area contributed by atoms with Crippen molar-refractivity contribution in [2.45, 2.75) is 23.2 Å². The molecular formula is C28H27BrClN3O5. The molecule has 38 heavy (non-hydrogen) atoms. The number of allylic oxidation sites excluding steroid dienone is 3. The maximum atomic E-state index is 11.2. The molecule has 3 aromatic rings. The molecule has 8 nitrogen and oxygen atoms in total. The number of alkyl halides is 1. The van der Waals surface area contributed by atoms with E-state index in [-0.39, 0.29) is 28.7 Å². The molecule has 1 N–H and O–H groups in total. The predicted molar refractivity (Wildman–Crippen MR) is 147 cm³/mol. The normalized spacial score (nSPS) is 23.7. The third kappa shape index (κ3) is 5.03. The molecule has 10 heteroatoms. The number of aldehydes is 1. The Morgan fingerprint density at radius 3 is 2.74 bits per heavy atom. The van der Waals surface area contributed by atoms with E-state index in [2.05, 4.69) is 26.0 Å². The van der Waals surface area contributed by atoms with Gasteiger partial charge in [-0.05, 0) is 24.1 Å². The van der Waals surface area contributed by atoms with Gasteiger partial charge in [0.1, 0.15) is 23.5 Å². The number of nitrogens with zero attached hydrogens (tertiary/aromatic N) is 3. The van der Waals surface area contributed by atoms with E-state index in [9.17, 15) is 9.90 Å². The van der Waals surface area contributed by atoms with Gasteiger partial charge in [-0.2, -0.15) is 4.98 Å². The average Bonchev–Trinajstić information content (AvgIpc) is 3.39. The molecule has 1 aliphatic carbocycles. The van der Waals surface area contributed by atoms with Crippen LogP contribution in [0.2, 0.25) is 5.02 Å². The number of morpholine rings is 1. The van der Waals surface area contributed by atoms with Crippen LogP contribution in [0.5, 0.6) is 11.5 Å². The van der Waals surface area contributed by atoms with Crippen LogP contribution in [0.25, 0.3) is 5.57 Å². The monoisotopic (exact) mass is 599 g/mol. The Kier molecular flexibility index (Phi) is 7.72. The van der Waals surface area contributed by atoms with Crippen LogP contribution in [0.4, 0.5) is 0 Å². The molecule has 1 saturated heterocycles. The molecular weight excluding hydrogens is 574 g/mol. The van der Waals surface area contributed by atoms with Gasteiger partial charge in [-0.25, -0.2) is 0 Å². The summed E-state index contributed by atoms with van der Waals surface area (Å²) in [5.41, 5.74) is 1.16. The molecule has 5 rings (SSSR count). The van der Waals surface area contributed by atoms with Crippen molar-refractivity contribution >= 4 is 39.4 Å². The van der Waals surface area contributed by atoms with Crippen molar-refractivity contribution in [3.63, 3.8) is 0 Å². The molecule has 2 heterocycles. The summed E-state index contributed by atoms with van der Waals surface area (Å²) >= 11 is 10.4. The Morgan fingerprint density at radius 2 is 2.00 bits per heavy atom. The van der Waals surface area contributed by atoms with Crippen molar-refractivity contribution in [2.75, 3.05) is 32.9 Å². The second-order valence-electron chi connectivity index (χ2n) is 9.43. The van der Waals surface area contributed by atoms with Crippen molar-refractivity contribution in [3.8, 4) is 11.5 Å². The van der Waals surface area contributed by atoms with E-state index in [0.29, 0.717) is 37.8 Å². The number of halogens is 2. The Hall–Kier alpha value is -2.98. The second-order valence-corrected chi connectivity index (χ2v) is 11.4. The van der Waals surface area contributed by atoms with Crippen LogP contribution in [0.15, 0.2) is 65.2 Å². The summed E-state index contributed by atoms with van der Waals surface area (Å²) in [7, 11) is 0. The first-order valence-electron chi connectivity index (χ1n) is 12.2. The number of rotatable bonds is 8. The smallest absolute Gasteiger partial charge is 0.242 e. The lowest BCUT2D eigenvalue weighted by Crippen LogP contribution is -2.50. The fraction of sp³-hybridized carbons (Fsp3) is 0.321. The van der Waals surface area contributed by atoms with E-state index < -0.39 is 9.74 Å². The summed E-state index contributed by atoms with van der Waals surface area (Å²) in [6.45, 7) is 5.58. The molecule has 0 bridgehead atoms. The number of hydrogen-bond donors (Lipinski definition) is 1. The number of aromatic hydroxyl groups is 1. The molecule has 2 unspecified atom stereocenters. The van der Waals surface area contributed by atoms with Gasteiger partial charge in [0.2, 0.25) is 5.89 Å². The quantitative estimate of drug-likeness (QED) is 0.279. The lowest BCUT2D eigenvalue weighted by Gasteiger charge is -2.43. The highest BCUT2D eigenvalue weighted by molar-refractivity contribution is 9.10. The molecule has 2 aromatic carbocycles. The Balaban J connectivity index is 1.53. The fourth-order valence-corrected chi connectivity index (χ4v) is 5.78. The minimum Gasteiger partial charge on any atom is -0.507 e. The van der Waals surface area contributed by atoms with Crippen LogP contribution >= 0.6 is 27.5 Å². The molecule has 0 amide bonds. The number of benzene rings is 2. The molecule has 0 radical (unpaired) electrons. The van der Waals surface area contributed by atoms with Gasteiger partial charge in [-0.1, -0.05) is 81.2 Å². The first-order valence-corrected chi connectivity index (χ1v) is 13.4. The number of carbonyl (C=O) groups excluding carboxylic acids is 1. The number of phenols is 1. The van der Waals surface area contributed by atoms with E-state index in [1.165, 1.54) is 12.1 Å². The summed E-state index contributed by atoms with van der Waals surface area (Å²) in [6, 6.07) is 12.7. The van der Waals surface area contributed by atoms with Crippen molar-refractivity contribution in [2.24, 2.45) is 0 Å². The molecule has 1 aromatic heterocycles. The van der Waals surface area contributed by atoms with Crippen LogP contribution in [-0.4, -0.2) is 63.7 Å². The largest absolute Gasteiger partial charge is 0.507 e. The third-order valence-corrected chi connectivity index (χ3v) is 8.48. The first-order chi connectivity index (χ1) is 18.3. The maximum Gasteiger partial charge on any atom is 0.242 e. The van der Waals surface area contributed by atoms with E-state index in [1.807, 2.05) is 55.5 Å². The molecule has 0 spiro atoms. The highest BCUT2D eigenvalue weighted by Crippen LogP contribution is 2.52. The zero-order valence-corrected chi connectivity index (χ0v) is 23.1. The highest BCUT2D eigenvalue weighted by Gasteiger charge is 2.55. The lowest BCUT2D eigenvalue weighted by atomic mass is 9.68. The van der Waals surface area contributed by atoms with Gasteiger partial charge in [0.15, 0.2) is 12.1 Å². The van der Waals surface area contributed by atoms with Gasteiger partial charge in [0, 0.05) is 19.2 Å². The van der Waals surface area contributed by atoms with E-state index in [0.717, 1.165) is 24.2 Å². The zero-order valence-electron chi connectivity index (χ0n) is 20.8. The summed E-state index contributed by atoms with van der Waals surface area (Å²) in [6.07, 6.45) is 6.52. The van der Waals surface area contributed by atoms with Crippen LogP contribution in [0.1, 0.15) is 34.6 Å². The molecule has 0 saturated carbocycles. The zero-order chi connectivity index (χ0) is 26.8. The summed E-state index contributed by atoms with van der Waals surface area (Å²) in [4.78, 5) is 18.3.